The van der Waals surface area contributed by atoms with Crippen molar-refractivity contribution in [3.8, 4) is 0 Å². The summed E-state index contributed by atoms with van der Waals surface area (Å²) in [4.78, 5) is 11.4. The molecule has 1 atom stereocenters. The molecule has 0 saturated heterocycles. The van der Waals surface area contributed by atoms with E-state index in [0.717, 1.165) is 4.68 Å². The second-order valence-electron chi connectivity index (χ2n) is 3.47. The monoisotopic (exact) mass is 268 g/mol. The summed E-state index contributed by atoms with van der Waals surface area (Å²) in [6.07, 6.45) is 0.211. The number of alkyl halides is 2. The number of nitrogens with one attached hydrogen (secondary N) is 1. The maximum absolute atomic E-state index is 12.0. The second kappa shape index (κ2) is 7.18. The highest BCUT2D eigenvalue weighted by Gasteiger charge is 2.12. The highest BCUT2D eigenvalue weighted by atomic mass is 35.5. The van der Waals surface area contributed by atoms with Crippen molar-refractivity contribution in [3.63, 3.8) is 0 Å². The quantitative estimate of drug-likeness (QED) is 0.840. The van der Waals surface area contributed by atoms with E-state index in [1.54, 1.807) is 6.92 Å². The highest BCUT2D eigenvalue weighted by molar-refractivity contribution is 5.92. The van der Waals surface area contributed by atoms with Crippen LogP contribution in [0.15, 0.2) is 12.4 Å². The molecule has 1 aromatic rings. The summed E-state index contributed by atoms with van der Waals surface area (Å²) in [7, 11) is 0. The molecule has 0 aliphatic rings. The van der Waals surface area contributed by atoms with Gasteiger partial charge in [0.25, 0.3) is 6.43 Å². The summed E-state index contributed by atoms with van der Waals surface area (Å²) in [6.45, 7) is 1.43. The van der Waals surface area contributed by atoms with Crippen LogP contribution in [-0.4, -0.2) is 28.7 Å². The predicted octanol–water partition coefficient (Wildman–Crippen LogP) is 1.10. The maximum atomic E-state index is 12.0. The number of amides is 1. The van der Waals surface area contributed by atoms with Crippen LogP contribution in [0.4, 0.5) is 14.5 Å². The summed E-state index contributed by atoms with van der Waals surface area (Å²) in [5.41, 5.74) is 5.71. The largest absolute Gasteiger partial charge is 0.330 e. The number of halogens is 3. The molecule has 0 radical (unpaired) electrons. The summed E-state index contributed by atoms with van der Waals surface area (Å²) in [5, 5.41) is 6.22. The van der Waals surface area contributed by atoms with Crippen LogP contribution in [0, 0.1) is 5.92 Å². The van der Waals surface area contributed by atoms with Crippen LogP contribution < -0.4 is 11.1 Å². The number of carbonyl (C=O) groups is 1. The molecule has 1 heterocycles. The van der Waals surface area contributed by atoms with Gasteiger partial charge in [-0.05, 0) is 0 Å². The molecule has 98 valence electrons. The Bertz CT molecular complexity index is 359. The Morgan fingerprint density at radius 2 is 2.29 bits per heavy atom. The van der Waals surface area contributed by atoms with Crippen LogP contribution in [-0.2, 0) is 11.3 Å². The van der Waals surface area contributed by atoms with E-state index in [2.05, 4.69) is 10.4 Å². The van der Waals surface area contributed by atoms with Crippen molar-refractivity contribution in [1.82, 2.24) is 9.78 Å². The van der Waals surface area contributed by atoms with E-state index in [4.69, 9.17) is 5.73 Å². The number of carbonyl (C=O) groups excluding carboxylic acids is 1. The number of anilines is 1. The van der Waals surface area contributed by atoms with Crippen LogP contribution in [0.2, 0.25) is 0 Å². The van der Waals surface area contributed by atoms with Gasteiger partial charge in [0.1, 0.15) is 6.54 Å². The first kappa shape index (κ1) is 15.8. The molecule has 0 bridgehead atoms. The molecule has 1 amide bonds. The van der Waals surface area contributed by atoms with E-state index < -0.39 is 13.0 Å². The van der Waals surface area contributed by atoms with Gasteiger partial charge >= 0.3 is 0 Å². The molecule has 0 fully saturated rings. The molecule has 8 heteroatoms. The molecule has 0 saturated carbocycles. The molecule has 5 nitrogen and oxygen atoms in total. The van der Waals surface area contributed by atoms with Crippen molar-refractivity contribution in [2.24, 2.45) is 11.7 Å². The van der Waals surface area contributed by atoms with Gasteiger partial charge in [-0.25, -0.2) is 8.78 Å². The van der Waals surface area contributed by atoms with Gasteiger partial charge in [-0.15, -0.1) is 12.4 Å². The first-order valence-corrected chi connectivity index (χ1v) is 4.84. The van der Waals surface area contributed by atoms with Gasteiger partial charge in [0.15, 0.2) is 0 Å². The van der Waals surface area contributed by atoms with Crippen molar-refractivity contribution >= 4 is 24.0 Å². The van der Waals surface area contributed by atoms with E-state index in [1.807, 2.05) is 0 Å². The minimum absolute atomic E-state index is 0. The Kier molecular flexibility index (Phi) is 6.67. The van der Waals surface area contributed by atoms with Crippen molar-refractivity contribution in [1.29, 1.82) is 0 Å². The Hall–Kier alpha value is -1.21. The Balaban J connectivity index is 0.00000256. The molecule has 0 aliphatic heterocycles. The molecular formula is C9H15ClF2N4O. The van der Waals surface area contributed by atoms with Crippen molar-refractivity contribution in [3.05, 3.63) is 12.4 Å². The van der Waals surface area contributed by atoms with Crippen LogP contribution >= 0.6 is 12.4 Å². The van der Waals surface area contributed by atoms with E-state index >= 15 is 0 Å². The number of aromatic nitrogens is 2. The molecule has 1 unspecified atom stereocenters. The zero-order valence-corrected chi connectivity index (χ0v) is 10.1. The third-order valence-electron chi connectivity index (χ3n) is 2.03. The molecule has 1 rings (SSSR count). The van der Waals surface area contributed by atoms with Gasteiger partial charge in [-0.3, -0.25) is 9.48 Å². The lowest BCUT2D eigenvalue weighted by Crippen LogP contribution is -2.26. The highest BCUT2D eigenvalue weighted by Crippen LogP contribution is 2.08. The SMILES string of the molecule is CC(CN)C(=O)Nc1cnn(CC(F)F)c1.Cl. The maximum Gasteiger partial charge on any atom is 0.257 e. The summed E-state index contributed by atoms with van der Waals surface area (Å²) >= 11 is 0. The fourth-order valence-corrected chi connectivity index (χ4v) is 1.04. The van der Waals surface area contributed by atoms with E-state index in [0.29, 0.717) is 5.69 Å². The number of hydrogen-bond donors (Lipinski definition) is 2. The lowest BCUT2D eigenvalue weighted by molar-refractivity contribution is -0.119. The second-order valence-corrected chi connectivity index (χ2v) is 3.47. The van der Waals surface area contributed by atoms with Gasteiger partial charge in [-0.1, -0.05) is 6.92 Å². The Morgan fingerprint density at radius 1 is 1.65 bits per heavy atom. The molecule has 0 aliphatic carbocycles. The molecular weight excluding hydrogens is 254 g/mol. The summed E-state index contributed by atoms with van der Waals surface area (Å²) in [5.74, 6) is -0.572. The van der Waals surface area contributed by atoms with Crippen LogP contribution in [0.5, 0.6) is 0 Å². The molecule has 17 heavy (non-hydrogen) atoms. The van der Waals surface area contributed by atoms with Gasteiger partial charge in [-0.2, -0.15) is 5.10 Å². The first-order chi connectivity index (χ1) is 7.52. The lowest BCUT2D eigenvalue weighted by Gasteiger charge is -2.07. The van der Waals surface area contributed by atoms with Gasteiger partial charge in [0.05, 0.1) is 11.9 Å². The zero-order chi connectivity index (χ0) is 12.1. The predicted molar refractivity (Wildman–Crippen MR) is 62.3 cm³/mol. The molecule has 1 aromatic heterocycles. The van der Waals surface area contributed by atoms with Crippen LogP contribution in [0.25, 0.3) is 0 Å². The van der Waals surface area contributed by atoms with Gasteiger partial charge in [0, 0.05) is 18.7 Å². The minimum atomic E-state index is -2.47. The fourth-order valence-electron chi connectivity index (χ4n) is 1.04. The molecule has 3 N–H and O–H groups in total. The van der Waals surface area contributed by atoms with E-state index in [1.165, 1.54) is 12.4 Å². The fraction of sp³-hybridized carbons (Fsp3) is 0.556. The van der Waals surface area contributed by atoms with E-state index in [9.17, 15) is 13.6 Å². The minimum Gasteiger partial charge on any atom is -0.330 e. The van der Waals surface area contributed by atoms with Crippen molar-refractivity contribution in [2.75, 3.05) is 11.9 Å². The lowest BCUT2D eigenvalue weighted by atomic mass is 10.2. The number of nitrogens with zero attached hydrogens (tertiary/aromatic N) is 2. The molecule has 0 aromatic carbocycles. The average molecular weight is 269 g/mol. The Morgan fingerprint density at radius 3 is 2.82 bits per heavy atom. The summed E-state index contributed by atoms with van der Waals surface area (Å²) in [6, 6.07) is 0. The summed E-state index contributed by atoms with van der Waals surface area (Å²) < 4.78 is 25.1. The normalized spacial score (nSPS) is 12.1. The Labute approximate surface area is 104 Å². The van der Waals surface area contributed by atoms with E-state index in [-0.39, 0.29) is 30.8 Å². The standard InChI is InChI=1S/C9H14F2N4O.ClH/c1-6(2-12)9(16)14-7-3-13-15(4-7)5-8(10)11;/h3-4,6,8H,2,5,12H2,1H3,(H,14,16);1H. The number of rotatable bonds is 5. The van der Waals surface area contributed by atoms with Crippen LogP contribution in [0.3, 0.4) is 0 Å². The third kappa shape index (κ3) is 5.10. The smallest absolute Gasteiger partial charge is 0.257 e. The van der Waals surface area contributed by atoms with Crippen molar-refractivity contribution in [2.45, 2.75) is 19.9 Å². The number of hydrogen-bond acceptors (Lipinski definition) is 3. The zero-order valence-electron chi connectivity index (χ0n) is 9.27. The van der Waals surface area contributed by atoms with Gasteiger partial charge < -0.3 is 11.1 Å². The number of nitrogens with two attached hydrogens (primary N) is 1. The molecule has 0 spiro atoms. The van der Waals surface area contributed by atoms with Crippen molar-refractivity contribution < 1.29 is 13.6 Å². The third-order valence-corrected chi connectivity index (χ3v) is 2.03. The van der Waals surface area contributed by atoms with Crippen LogP contribution in [0.1, 0.15) is 6.92 Å². The van der Waals surface area contributed by atoms with Gasteiger partial charge in [0.2, 0.25) is 5.91 Å². The average Bonchev–Trinajstić information content (AvgIpc) is 2.63. The first-order valence-electron chi connectivity index (χ1n) is 4.84. The topological polar surface area (TPSA) is 72.9 Å².